The van der Waals surface area contributed by atoms with E-state index in [4.69, 9.17) is 0 Å². The van der Waals surface area contributed by atoms with Crippen molar-refractivity contribution < 1.29 is 38.1 Å². The van der Waals surface area contributed by atoms with Crippen molar-refractivity contribution in [1.82, 2.24) is 0 Å². The quantitative estimate of drug-likeness (QED) is 0.672. The molecule has 2 aromatic carbocycles. The van der Waals surface area contributed by atoms with Gasteiger partial charge in [0.1, 0.15) is 11.6 Å². The van der Waals surface area contributed by atoms with Gasteiger partial charge in [-0.2, -0.15) is 24.8 Å². The zero-order chi connectivity index (χ0) is 18.9. The van der Waals surface area contributed by atoms with Crippen LogP contribution in [0.1, 0.15) is 0 Å². The molecular weight excluding hydrogens is 401 g/mol. The van der Waals surface area contributed by atoms with E-state index in [1.54, 1.807) is 0 Å². The van der Waals surface area contributed by atoms with E-state index in [1.165, 1.54) is 0 Å². The number of benzene rings is 2. The number of halogens is 2. The largest absolute Gasteiger partial charge is 0.357 e. The molecule has 0 saturated heterocycles. The van der Waals surface area contributed by atoms with E-state index in [1.807, 2.05) is 0 Å². The van der Waals surface area contributed by atoms with E-state index >= 15 is 0 Å². The van der Waals surface area contributed by atoms with Crippen LogP contribution in [0.15, 0.2) is 58.3 Å². The van der Waals surface area contributed by atoms with E-state index in [9.17, 15) is 30.2 Å². The zero-order valence-corrected chi connectivity index (χ0v) is 15.0. The van der Waals surface area contributed by atoms with Crippen LogP contribution in [0.2, 0.25) is 0 Å². The summed E-state index contributed by atoms with van der Waals surface area (Å²) in [6.45, 7) is 0.634. The predicted octanol–water partition coefficient (Wildman–Crippen LogP) is 2.90. The minimum absolute atomic E-state index is 0.543. The van der Waals surface area contributed by atoms with Crippen LogP contribution in [0.4, 0.5) is 8.78 Å². The average Bonchev–Trinajstić information content (AvgIpc) is 2.45. The molecule has 0 heterocycles. The van der Waals surface area contributed by atoms with Gasteiger partial charge in [0.2, 0.25) is 0 Å². The van der Waals surface area contributed by atoms with Crippen molar-refractivity contribution in [2.24, 2.45) is 0 Å². The third kappa shape index (κ3) is 5.16. The molecule has 0 saturated carbocycles. The number of rotatable bonds is 6. The van der Waals surface area contributed by atoms with Crippen molar-refractivity contribution >= 4 is 27.8 Å². The van der Waals surface area contributed by atoms with Gasteiger partial charge in [0.25, 0.3) is 0 Å². The van der Waals surface area contributed by atoms with E-state index in [-0.39, 0.29) is 0 Å². The minimum atomic E-state index is -4.68. The lowest BCUT2D eigenvalue weighted by atomic mass is 10.4. The lowest BCUT2D eigenvalue weighted by molar-refractivity contribution is 0.386. The molecular formula is C13H11F2O7PS2. The van der Waals surface area contributed by atoms with E-state index in [0.29, 0.717) is 6.66 Å². The van der Waals surface area contributed by atoms with Crippen molar-refractivity contribution in [3.05, 3.63) is 60.2 Å². The van der Waals surface area contributed by atoms with Crippen LogP contribution in [0, 0.1) is 11.6 Å². The first-order chi connectivity index (χ1) is 11.4. The molecule has 0 aromatic heterocycles. The Morgan fingerprint density at radius 1 is 0.720 bits per heavy atom. The summed E-state index contributed by atoms with van der Waals surface area (Å²) in [5, 5.41) is 0. The summed E-state index contributed by atoms with van der Waals surface area (Å²) in [4.78, 5) is -1.09. The maximum Gasteiger partial charge on any atom is 0.357 e. The molecule has 0 radical (unpaired) electrons. The molecule has 0 fully saturated rings. The molecule has 0 aliphatic rings. The predicted molar refractivity (Wildman–Crippen MR) is 82.9 cm³/mol. The van der Waals surface area contributed by atoms with E-state index in [0.717, 1.165) is 48.5 Å². The maximum absolute atomic E-state index is 12.8. The topological polar surface area (TPSA) is 104 Å². The third-order valence-corrected chi connectivity index (χ3v) is 8.11. The second-order valence-corrected chi connectivity index (χ2v) is 10.2. The second kappa shape index (κ2) is 6.93. The van der Waals surface area contributed by atoms with Gasteiger partial charge >= 0.3 is 27.8 Å². The maximum atomic E-state index is 12.8. The average molecular weight is 412 g/mol. The Morgan fingerprint density at radius 2 is 1.00 bits per heavy atom. The first kappa shape index (κ1) is 19.7. The molecule has 0 unspecified atom stereocenters. The van der Waals surface area contributed by atoms with Crippen LogP contribution in [0.5, 0.6) is 0 Å². The molecule has 7 nitrogen and oxygen atoms in total. The summed E-state index contributed by atoms with van der Waals surface area (Å²) in [5.74, 6) is -1.43. The van der Waals surface area contributed by atoms with Crippen LogP contribution in [-0.4, -0.2) is 23.5 Å². The van der Waals surface area contributed by atoms with Crippen molar-refractivity contribution in [2.45, 2.75) is 9.79 Å². The molecule has 2 rings (SSSR count). The first-order valence-electron chi connectivity index (χ1n) is 6.42. The van der Waals surface area contributed by atoms with Crippen molar-refractivity contribution in [1.29, 1.82) is 0 Å². The molecule has 0 N–H and O–H groups in total. The van der Waals surface area contributed by atoms with Gasteiger partial charge in [-0.25, -0.2) is 8.78 Å². The van der Waals surface area contributed by atoms with Crippen molar-refractivity contribution in [3.63, 3.8) is 0 Å². The molecule has 0 aliphatic heterocycles. The summed E-state index contributed by atoms with van der Waals surface area (Å²) >= 11 is 0. The summed E-state index contributed by atoms with van der Waals surface area (Å²) in [5.41, 5.74) is 0. The summed E-state index contributed by atoms with van der Waals surface area (Å²) in [7, 11) is -14.0. The van der Waals surface area contributed by atoms with Gasteiger partial charge in [0, 0.05) is 6.66 Å². The van der Waals surface area contributed by atoms with Gasteiger partial charge in [-0.05, 0) is 48.5 Å². The van der Waals surface area contributed by atoms with E-state index in [2.05, 4.69) is 7.94 Å². The first-order valence-corrected chi connectivity index (χ1v) is 11.2. The highest BCUT2D eigenvalue weighted by atomic mass is 32.2. The SMILES string of the molecule is CP(=O)(OS(=O)(=O)c1ccc(F)cc1)OS(=O)(=O)c1ccc(F)cc1. The molecule has 0 amide bonds. The fourth-order valence-electron chi connectivity index (χ4n) is 1.66. The lowest BCUT2D eigenvalue weighted by Gasteiger charge is -2.14. The van der Waals surface area contributed by atoms with Gasteiger partial charge in [-0.3, -0.25) is 4.57 Å². The van der Waals surface area contributed by atoms with Gasteiger partial charge in [-0.15, -0.1) is 0 Å². The molecule has 25 heavy (non-hydrogen) atoms. The number of hydrogen-bond acceptors (Lipinski definition) is 7. The Hall–Kier alpha value is -1.65. The molecule has 0 bridgehead atoms. The van der Waals surface area contributed by atoms with Gasteiger partial charge in [0.15, 0.2) is 0 Å². The molecule has 12 heteroatoms. The minimum Gasteiger partial charge on any atom is -0.258 e. The van der Waals surface area contributed by atoms with Crippen molar-refractivity contribution in [3.8, 4) is 0 Å². The molecule has 0 aliphatic carbocycles. The Morgan fingerprint density at radius 3 is 1.28 bits per heavy atom. The number of hydrogen-bond donors (Lipinski definition) is 0. The van der Waals surface area contributed by atoms with E-state index < -0.39 is 49.3 Å². The van der Waals surface area contributed by atoms with Gasteiger partial charge in [0.05, 0.1) is 9.79 Å². The van der Waals surface area contributed by atoms with Crippen LogP contribution < -0.4 is 0 Å². The monoisotopic (exact) mass is 412 g/mol. The highest BCUT2D eigenvalue weighted by Crippen LogP contribution is 2.49. The van der Waals surface area contributed by atoms with Crippen LogP contribution in [0.25, 0.3) is 0 Å². The highest BCUT2D eigenvalue weighted by Gasteiger charge is 2.34. The van der Waals surface area contributed by atoms with Crippen LogP contribution in [0.3, 0.4) is 0 Å². The highest BCUT2D eigenvalue weighted by molar-refractivity contribution is 7.95. The van der Waals surface area contributed by atoms with Gasteiger partial charge < -0.3 is 0 Å². The van der Waals surface area contributed by atoms with Gasteiger partial charge in [-0.1, -0.05) is 0 Å². The van der Waals surface area contributed by atoms with Crippen molar-refractivity contribution in [2.75, 3.05) is 6.66 Å². The lowest BCUT2D eigenvalue weighted by Crippen LogP contribution is -2.10. The molecule has 0 atom stereocenters. The fraction of sp³-hybridized carbons (Fsp3) is 0.0769. The molecule has 2 aromatic rings. The molecule has 136 valence electrons. The summed E-state index contributed by atoms with van der Waals surface area (Å²) in [6, 6.07) is 6.69. The smallest absolute Gasteiger partial charge is 0.258 e. The fourth-order valence-corrected chi connectivity index (χ4v) is 6.46. The summed E-state index contributed by atoms with van der Waals surface area (Å²) < 4.78 is 94.5. The Kier molecular flexibility index (Phi) is 5.45. The normalized spacial score (nSPS) is 12.9. The Balaban J connectivity index is 2.25. The standard InChI is InChI=1S/C13H11F2O7PS2/c1-23(16,21-24(17,18)12-6-2-10(14)3-7-12)22-25(19,20)13-8-4-11(15)5-9-13/h2-9H,1H3. The third-order valence-electron chi connectivity index (χ3n) is 2.67. The molecule has 0 spiro atoms. The summed E-state index contributed by atoms with van der Waals surface area (Å²) in [6.07, 6.45) is 0. The Bertz CT molecular complexity index is 936. The second-order valence-electron chi connectivity index (χ2n) is 4.74. The zero-order valence-electron chi connectivity index (χ0n) is 12.5. The Labute approximate surface area is 143 Å². The van der Waals surface area contributed by atoms with Crippen LogP contribution >= 0.6 is 7.60 Å². The van der Waals surface area contributed by atoms with Crippen LogP contribution in [-0.2, 0) is 32.7 Å².